The summed E-state index contributed by atoms with van der Waals surface area (Å²) in [5.74, 6) is 0.142. The van der Waals surface area contributed by atoms with E-state index in [-0.39, 0.29) is 11.9 Å². The number of carbonyl (C=O) groups is 1. The fraction of sp³-hybridized carbons (Fsp3) is 0.800. The van der Waals surface area contributed by atoms with E-state index in [2.05, 4.69) is 0 Å². The molecular formula is C10H19N3OS. The van der Waals surface area contributed by atoms with Crippen LogP contribution in [0.4, 0.5) is 0 Å². The van der Waals surface area contributed by atoms with Gasteiger partial charge in [0.15, 0.2) is 0 Å². The fourth-order valence-corrected chi connectivity index (χ4v) is 1.52. The van der Waals surface area contributed by atoms with Crippen LogP contribution in [-0.2, 0) is 4.79 Å². The zero-order valence-electron chi connectivity index (χ0n) is 9.56. The largest absolute Gasteiger partial charge is 0.392 e. The van der Waals surface area contributed by atoms with Crippen molar-refractivity contribution in [1.29, 1.82) is 0 Å². The zero-order chi connectivity index (χ0) is 11.6. The molecule has 4 nitrogen and oxygen atoms in total. The molecule has 0 heterocycles. The van der Waals surface area contributed by atoms with Crippen molar-refractivity contribution in [3.8, 4) is 0 Å². The van der Waals surface area contributed by atoms with Gasteiger partial charge in [0.25, 0.3) is 0 Å². The van der Waals surface area contributed by atoms with E-state index >= 15 is 0 Å². The van der Waals surface area contributed by atoms with Gasteiger partial charge < -0.3 is 10.6 Å². The fourth-order valence-electron chi connectivity index (χ4n) is 1.34. The third kappa shape index (κ3) is 3.43. The van der Waals surface area contributed by atoms with E-state index in [1.54, 1.807) is 0 Å². The minimum absolute atomic E-state index is 0.0310. The van der Waals surface area contributed by atoms with Gasteiger partial charge in [0.05, 0.1) is 17.6 Å². The van der Waals surface area contributed by atoms with Crippen molar-refractivity contribution in [3.05, 3.63) is 0 Å². The SMILES string of the molecule is CC(C(N)=S)N(C)CC(=O)N(C)C1CC1. The highest BCUT2D eigenvalue weighted by molar-refractivity contribution is 7.80. The van der Waals surface area contributed by atoms with Crippen LogP contribution in [0.1, 0.15) is 19.8 Å². The normalized spacial score (nSPS) is 17.6. The predicted molar refractivity (Wildman–Crippen MR) is 64.7 cm³/mol. The minimum Gasteiger partial charge on any atom is -0.392 e. The molecule has 0 aromatic rings. The molecule has 86 valence electrons. The van der Waals surface area contributed by atoms with Crippen LogP contribution < -0.4 is 5.73 Å². The van der Waals surface area contributed by atoms with Crippen molar-refractivity contribution in [2.45, 2.75) is 31.8 Å². The van der Waals surface area contributed by atoms with Crippen LogP contribution in [0.5, 0.6) is 0 Å². The number of nitrogens with zero attached hydrogens (tertiary/aromatic N) is 2. The Hall–Kier alpha value is -0.680. The lowest BCUT2D eigenvalue weighted by atomic mass is 10.3. The molecule has 0 saturated heterocycles. The molecule has 0 aromatic heterocycles. The molecule has 1 rings (SSSR count). The predicted octanol–water partition coefficient (Wildman–Crippen LogP) is 0.214. The minimum atomic E-state index is -0.0310. The van der Waals surface area contributed by atoms with Crippen molar-refractivity contribution in [1.82, 2.24) is 9.80 Å². The monoisotopic (exact) mass is 229 g/mol. The van der Waals surface area contributed by atoms with Crippen LogP contribution in [0.2, 0.25) is 0 Å². The van der Waals surface area contributed by atoms with Gasteiger partial charge in [-0.15, -0.1) is 0 Å². The summed E-state index contributed by atoms with van der Waals surface area (Å²) < 4.78 is 0. The van der Waals surface area contributed by atoms with Crippen LogP contribution >= 0.6 is 12.2 Å². The molecule has 0 radical (unpaired) electrons. The number of amides is 1. The second kappa shape index (κ2) is 4.90. The van der Waals surface area contributed by atoms with E-state index in [0.717, 1.165) is 12.8 Å². The Morgan fingerprint density at radius 2 is 2.07 bits per heavy atom. The average Bonchev–Trinajstić information content (AvgIpc) is 2.98. The van der Waals surface area contributed by atoms with Gasteiger partial charge in [0.1, 0.15) is 0 Å². The van der Waals surface area contributed by atoms with Gasteiger partial charge in [-0.1, -0.05) is 12.2 Å². The van der Waals surface area contributed by atoms with E-state index < -0.39 is 0 Å². The third-order valence-corrected chi connectivity index (χ3v) is 3.29. The molecule has 1 atom stereocenters. The summed E-state index contributed by atoms with van der Waals surface area (Å²) in [6.45, 7) is 2.29. The summed E-state index contributed by atoms with van der Waals surface area (Å²) in [6, 6.07) is 0.433. The number of hydrogen-bond acceptors (Lipinski definition) is 3. The van der Waals surface area contributed by atoms with E-state index in [1.807, 2.05) is 30.8 Å². The van der Waals surface area contributed by atoms with Crippen LogP contribution in [-0.4, -0.2) is 53.4 Å². The first-order valence-corrected chi connectivity index (χ1v) is 5.59. The highest BCUT2D eigenvalue weighted by Crippen LogP contribution is 2.25. The van der Waals surface area contributed by atoms with Crippen molar-refractivity contribution in [2.75, 3.05) is 20.6 Å². The molecule has 15 heavy (non-hydrogen) atoms. The van der Waals surface area contributed by atoms with Gasteiger partial charge in [0, 0.05) is 13.1 Å². The Bertz CT molecular complexity index is 265. The Balaban J connectivity index is 2.39. The van der Waals surface area contributed by atoms with Gasteiger partial charge in [0.2, 0.25) is 5.91 Å². The molecule has 0 bridgehead atoms. The van der Waals surface area contributed by atoms with Crippen molar-refractivity contribution in [2.24, 2.45) is 5.73 Å². The number of likely N-dealkylation sites (N-methyl/N-ethyl adjacent to an activating group) is 2. The standard InChI is InChI=1S/C10H19N3OS/c1-7(10(11)15)12(2)6-9(14)13(3)8-4-5-8/h7-8H,4-6H2,1-3H3,(H2,11,15). The molecule has 5 heteroatoms. The number of hydrogen-bond donors (Lipinski definition) is 1. The molecular weight excluding hydrogens is 210 g/mol. The van der Waals surface area contributed by atoms with E-state index in [9.17, 15) is 4.79 Å². The van der Waals surface area contributed by atoms with Crippen LogP contribution in [0, 0.1) is 0 Å². The average molecular weight is 229 g/mol. The van der Waals surface area contributed by atoms with Gasteiger partial charge in [-0.2, -0.15) is 0 Å². The van der Waals surface area contributed by atoms with Gasteiger partial charge in [-0.3, -0.25) is 9.69 Å². The maximum absolute atomic E-state index is 11.8. The van der Waals surface area contributed by atoms with Crippen molar-refractivity contribution < 1.29 is 4.79 Å². The van der Waals surface area contributed by atoms with Gasteiger partial charge in [-0.05, 0) is 26.8 Å². The van der Waals surface area contributed by atoms with E-state index in [1.165, 1.54) is 0 Å². The lowest BCUT2D eigenvalue weighted by Gasteiger charge is -2.25. The van der Waals surface area contributed by atoms with Crippen LogP contribution in [0.25, 0.3) is 0 Å². The molecule has 1 fully saturated rings. The summed E-state index contributed by atoms with van der Waals surface area (Å²) in [6.07, 6.45) is 2.27. The Morgan fingerprint density at radius 3 is 2.47 bits per heavy atom. The highest BCUT2D eigenvalue weighted by Gasteiger charge is 2.30. The molecule has 1 saturated carbocycles. The van der Waals surface area contributed by atoms with Crippen LogP contribution in [0.15, 0.2) is 0 Å². The molecule has 1 aliphatic rings. The maximum atomic E-state index is 11.8. The second-order valence-corrected chi connectivity index (χ2v) is 4.70. The number of rotatable bonds is 5. The molecule has 2 N–H and O–H groups in total. The third-order valence-electron chi connectivity index (χ3n) is 2.95. The lowest BCUT2D eigenvalue weighted by molar-refractivity contribution is -0.131. The summed E-state index contributed by atoms with van der Waals surface area (Å²) in [5, 5.41) is 0. The Labute approximate surface area is 96.4 Å². The number of carbonyl (C=O) groups excluding carboxylic acids is 1. The Morgan fingerprint density at radius 1 is 1.53 bits per heavy atom. The molecule has 0 aromatic carbocycles. The quantitative estimate of drug-likeness (QED) is 0.685. The first-order chi connectivity index (χ1) is 6.93. The number of thiocarbonyl (C=S) groups is 1. The Kier molecular flexibility index (Phi) is 4.04. The van der Waals surface area contributed by atoms with E-state index in [0.29, 0.717) is 17.6 Å². The van der Waals surface area contributed by atoms with Crippen molar-refractivity contribution >= 4 is 23.1 Å². The highest BCUT2D eigenvalue weighted by atomic mass is 32.1. The first kappa shape index (κ1) is 12.4. The second-order valence-electron chi connectivity index (χ2n) is 4.23. The van der Waals surface area contributed by atoms with Crippen molar-refractivity contribution in [3.63, 3.8) is 0 Å². The van der Waals surface area contributed by atoms with Crippen LogP contribution in [0.3, 0.4) is 0 Å². The summed E-state index contributed by atoms with van der Waals surface area (Å²) in [7, 11) is 3.72. The topological polar surface area (TPSA) is 49.6 Å². The zero-order valence-corrected chi connectivity index (χ0v) is 10.4. The van der Waals surface area contributed by atoms with E-state index in [4.69, 9.17) is 18.0 Å². The first-order valence-electron chi connectivity index (χ1n) is 5.18. The number of nitrogens with two attached hydrogens (primary N) is 1. The lowest BCUT2D eigenvalue weighted by Crippen LogP contribution is -2.45. The molecule has 0 aliphatic heterocycles. The molecule has 1 amide bonds. The molecule has 0 spiro atoms. The summed E-state index contributed by atoms with van der Waals surface area (Å²) in [4.78, 5) is 15.9. The summed E-state index contributed by atoms with van der Waals surface area (Å²) >= 11 is 4.89. The summed E-state index contributed by atoms with van der Waals surface area (Å²) in [5.41, 5.74) is 5.53. The molecule has 1 unspecified atom stereocenters. The molecule has 1 aliphatic carbocycles. The van der Waals surface area contributed by atoms with Gasteiger partial charge in [-0.25, -0.2) is 0 Å². The smallest absolute Gasteiger partial charge is 0.236 e. The maximum Gasteiger partial charge on any atom is 0.236 e. The van der Waals surface area contributed by atoms with Gasteiger partial charge >= 0.3 is 0 Å².